The van der Waals surface area contributed by atoms with Crippen molar-refractivity contribution in [3.05, 3.63) is 42.5 Å². The van der Waals surface area contributed by atoms with Gasteiger partial charge in [-0.25, -0.2) is 4.39 Å². The van der Waals surface area contributed by atoms with E-state index in [1.807, 2.05) is 6.07 Å². The van der Waals surface area contributed by atoms with Crippen LogP contribution in [0.25, 0.3) is 22.4 Å². The number of aromatic hydroxyl groups is 1. The second kappa shape index (κ2) is 6.81. The number of aromatic nitrogens is 4. The summed E-state index contributed by atoms with van der Waals surface area (Å²) in [6.07, 6.45) is 6.66. The molecule has 2 fully saturated rings. The van der Waals surface area contributed by atoms with Crippen LogP contribution in [-0.2, 0) is 0 Å². The Bertz CT molecular complexity index is 1020. The minimum absolute atomic E-state index is 0.0484. The van der Waals surface area contributed by atoms with E-state index < -0.39 is 5.82 Å². The number of phenolic OH excluding ortho intramolecular Hbond substituents is 1. The molecule has 2 aliphatic rings. The third-order valence-electron chi connectivity index (χ3n) is 5.89. The van der Waals surface area contributed by atoms with Gasteiger partial charge < -0.3 is 15.3 Å². The number of anilines is 1. The number of phenols is 1. The fourth-order valence-corrected chi connectivity index (χ4v) is 3.93. The summed E-state index contributed by atoms with van der Waals surface area (Å²) in [6, 6.07) is 6.80. The molecule has 1 saturated carbocycles. The molecule has 5 rings (SSSR count). The van der Waals surface area contributed by atoms with Gasteiger partial charge in [-0.15, -0.1) is 10.2 Å². The van der Waals surface area contributed by atoms with Crippen molar-refractivity contribution < 1.29 is 9.50 Å². The molecule has 7 nitrogen and oxygen atoms in total. The number of aromatic amines is 1. The summed E-state index contributed by atoms with van der Waals surface area (Å²) >= 11 is 0. The Morgan fingerprint density at radius 3 is 2.79 bits per heavy atom. The summed E-state index contributed by atoms with van der Waals surface area (Å²) in [5.41, 5.74) is 1.92. The summed E-state index contributed by atoms with van der Waals surface area (Å²) < 4.78 is 14.6. The fourth-order valence-electron chi connectivity index (χ4n) is 3.93. The molecule has 0 bridgehead atoms. The SMILES string of the molecule is CC1(NC2CCN(c3ccc(-c4cc(F)c(-c5cn[nH]c5)cc4O)nn3)C2)CC1. The van der Waals surface area contributed by atoms with Gasteiger partial charge in [0, 0.05) is 47.6 Å². The molecule has 150 valence electrons. The summed E-state index contributed by atoms with van der Waals surface area (Å²) in [5.74, 6) is 0.300. The number of benzene rings is 1. The van der Waals surface area contributed by atoms with E-state index >= 15 is 0 Å². The molecule has 1 atom stereocenters. The monoisotopic (exact) mass is 394 g/mol. The highest BCUT2D eigenvalue weighted by Crippen LogP contribution is 2.36. The number of H-pyrrole nitrogens is 1. The van der Waals surface area contributed by atoms with Crippen LogP contribution in [0.1, 0.15) is 26.2 Å². The Kier molecular flexibility index (Phi) is 4.24. The molecule has 0 spiro atoms. The quantitative estimate of drug-likeness (QED) is 0.616. The van der Waals surface area contributed by atoms with Crippen LogP contribution in [0.2, 0.25) is 0 Å². The van der Waals surface area contributed by atoms with Crippen LogP contribution in [0.3, 0.4) is 0 Å². The zero-order chi connectivity index (χ0) is 20.0. The summed E-state index contributed by atoms with van der Waals surface area (Å²) in [5, 5.41) is 29.2. The lowest BCUT2D eigenvalue weighted by atomic mass is 10.0. The van der Waals surface area contributed by atoms with Gasteiger partial charge in [-0.2, -0.15) is 5.10 Å². The molecule has 1 unspecified atom stereocenters. The van der Waals surface area contributed by atoms with Crippen LogP contribution >= 0.6 is 0 Å². The van der Waals surface area contributed by atoms with Gasteiger partial charge in [-0.05, 0) is 50.5 Å². The smallest absolute Gasteiger partial charge is 0.151 e. The van der Waals surface area contributed by atoms with Gasteiger partial charge in [-0.3, -0.25) is 5.10 Å². The Balaban J connectivity index is 1.33. The first-order valence-corrected chi connectivity index (χ1v) is 9.89. The van der Waals surface area contributed by atoms with E-state index in [2.05, 4.69) is 37.5 Å². The van der Waals surface area contributed by atoms with Gasteiger partial charge in [0.15, 0.2) is 5.82 Å². The van der Waals surface area contributed by atoms with Crippen molar-refractivity contribution in [1.29, 1.82) is 0 Å². The van der Waals surface area contributed by atoms with Gasteiger partial charge in [0.05, 0.1) is 11.9 Å². The highest BCUT2D eigenvalue weighted by Gasteiger charge is 2.40. The molecule has 29 heavy (non-hydrogen) atoms. The highest BCUT2D eigenvalue weighted by atomic mass is 19.1. The van der Waals surface area contributed by atoms with Crippen LogP contribution < -0.4 is 10.2 Å². The van der Waals surface area contributed by atoms with E-state index in [-0.39, 0.29) is 11.3 Å². The summed E-state index contributed by atoms with van der Waals surface area (Å²) in [4.78, 5) is 2.21. The van der Waals surface area contributed by atoms with Crippen LogP contribution in [-0.4, -0.2) is 50.2 Å². The van der Waals surface area contributed by atoms with Crippen LogP contribution in [0.15, 0.2) is 36.7 Å². The maximum atomic E-state index is 14.6. The van der Waals surface area contributed by atoms with Gasteiger partial charge in [-0.1, -0.05) is 0 Å². The van der Waals surface area contributed by atoms with Crippen molar-refractivity contribution >= 4 is 5.82 Å². The average molecular weight is 394 g/mol. The van der Waals surface area contributed by atoms with Crippen molar-refractivity contribution in [1.82, 2.24) is 25.7 Å². The standard InChI is InChI=1S/C21H23FN6O/c1-21(5-6-21)25-14-4-7-28(12-14)20-3-2-18(26-27-20)16-8-17(22)15(9-19(16)29)13-10-23-24-11-13/h2-3,8-11,14,25,29H,4-7,12H2,1H3,(H,23,24). The maximum absolute atomic E-state index is 14.6. The lowest BCUT2D eigenvalue weighted by Gasteiger charge is -2.20. The molecule has 2 aromatic heterocycles. The van der Waals surface area contributed by atoms with Gasteiger partial charge in [0.2, 0.25) is 0 Å². The lowest BCUT2D eigenvalue weighted by Crippen LogP contribution is -2.40. The van der Waals surface area contributed by atoms with E-state index in [4.69, 9.17) is 0 Å². The lowest BCUT2D eigenvalue weighted by molar-refractivity contribution is 0.455. The molecular formula is C21H23FN6O. The molecule has 3 N–H and O–H groups in total. The second-order valence-corrected chi connectivity index (χ2v) is 8.25. The van der Waals surface area contributed by atoms with E-state index in [9.17, 15) is 9.50 Å². The second-order valence-electron chi connectivity index (χ2n) is 8.25. The number of nitrogens with zero attached hydrogens (tertiary/aromatic N) is 4. The van der Waals surface area contributed by atoms with Gasteiger partial charge >= 0.3 is 0 Å². The van der Waals surface area contributed by atoms with Gasteiger partial charge in [0.1, 0.15) is 11.6 Å². The minimum atomic E-state index is -0.452. The molecule has 8 heteroatoms. The zero-order valence-electron chi connectivity index (χ0n) is 16.2. The molecule has 1 saturated heterocycles. The molecule has 0 amide bonds. The van der Waals surface area contributed by atoms with Crippen molar-refractivity contribution in [3.8, 4) is 28.1 Å². The molecule has 1 aromatic carbocycles. The predicted octanol–water partition coefficient (Wildman–Crippen LogP) is 3.10. The fraction of sp³-hybridized carbons (Fsp3) is 0.381. The molecule has 0 radical (unpaired) electrons. The third kappa shape index (κ3) is 3.55. The van der Waals surface area contributed by atoms with Crippen molar-refractivity contribution in [2.75, 3.05) is 18.0 Å². The van der Waals surface area contributed by atoms with Crippen LogP contribution in [0, 0.1) is 5.82 Å². The molecule has 3 aromatic rings. The zero-order valence-corrected chi connectivity index (χ0v) is 16.2. The van der Waals surface area contributed by atoms with Crippen LogP contribution in [0.5, 0.6) is 5.75 Å². The molecule has 1 aliphatic heterocycles. The topological polar surface area (TPSA) is 90.0 Å². The number of halogens is 1. The first-order valence-electron chi connectivity index (χ1n) is 9.89. The summed E-state index contributed by atoms with van der Waals surface area (Å²) in [6.45, 7) is 4.11. The predicted molar refractivity (Wildman–Crippen MR) is 108 cm³/mol. The van der Waals surface area contributed by atoms with Crippen molar-refractivity contribution in [2.24, 2.45) is 0 Å². The van der Waals surface area contributed by atoms with E-state index in [0.717, 1.165) is 25.3 Å². The first kappa shape index (κ1) is 18.1. The normalized spacial score (nSPS) is 20.2. The van der Waals surface area contributed by atoms with Crippen molar-refractivity contribution in [2.45, 2.75) is 37.8 Å². The van der Waals surface area contributed by atoms with Crippen molar-refractivity contribution in [3.63, 3.8) is 0 Å². The van der Waals surface area contributed by atoms with Gasteiger partial charge in [0.25, 0.3) is 0 Å². The first-order chi connectivity index (χ1) is 14.0. The third-order valence-corrected chi connectivity index (χ3v) is 5.89. The summed E-state index contributed by atoms with van der Waals surface area (Å²) in [7, 11) is 0. The van der Waals surface area contributed by atoms with Crippen LogP contribution in [0.4, 0.5) is 10.2 Å². The number of hydrogen-bond acceptors (Lipinski definition) is 6. The Hall–Kier alpha value is -3.00. The average Bonchev–Trinajstić information content (AvgIpc) is 3.13. The Labute approximate surface area is 168 Å². The molecule has 3 heterocycles. The van der Waals surface area contributed by atoms with E-state index in [1.165, 1.54) is 31.2 Å². The minimum Gasteiger partial charge on any atom is -0.507 e. The largest absolute Gasteiger partial charge is 0.507 e. The Morgan fingerprint density at radius 1 is 1.24 bits per heavy atom. The number of rotatable bonds is 5. The number of nitrogens with one attached hydrogen (secondary N) is 2. The van der Waals surface area contributed by atoms with E-state index in [0.29, 0.717) is 28.4 Å². The number of hydrogen-bond donors (Lipinski definition) is 3. The highest BCUT2D eigenvalue weighted by molar-refractivity contribution is 5.74. The maximum Gasteiger partial charge on any atom is 0.151 e. The molecule has 1 aliphatic carbocycles. The molecular weight excluding hydrogens is 371 g/mol. The Morgan fingerprint density at radius 2 is 2.10 bits per heavy atom. The van der Waals surface area contributed by atoms with E-state index in [1.54, 1.807) is 12.3 Å².